The fourth-order valence-corrected chi connectivity index (χ4v) is 14.8. The predicted molar refractivity (Wildman–Crippen MR) is 307 cm³/mol. The van der Waals surface area contributed by atoms with Crippen LogP contribution in [0, 0.1) is 63.1 Å². The monoisotopic (exact) mass is 1160 g/mol. The number of hydrogen-bond donors (Lipinski definition) is 0. The van der Waals surface area contributed by atoms with Crippen LogP contribution in [0.5, 0.6) is 0 Å². The first kappa shape index (κ1) is 66.2. The van der Waals surface area contributed by atoms with Crippen LogP contribution in [-0.2, 0) is 76.1 Å². The maximum absolute atomic E-state index is 12.6. The maximum atomic E-state index is 12.6. The second-order valence-electron chi connectivity index (χ2n) is 29.0. The summed E-state index contributed by atoms with van der Waals surface area (Å²) in [6.45, 7) is 27.2. The summed E-state index contributed by atoms with van der Waals surface area (Å²) in [6, 6.07) is 0. The van der Waals surface area contributed by atoms with Gasteiger partial charge in [0.2, 0.25) is 6.29 Å². The summed E-state index contributed by atoms with van der Waals surface area (Å²) in [4.78, 5) is 73.1. The van der Waals surface area contributed by atoms with Crippen molar-refractivity contribution in [3.8, 4) is 0 Å². The predicted octanol–water partition coefficient (Wildman–Crippen LogP) is 13.2. The van der Waals surface area contributed by atoms with Crippen LogP contribution >= 0.6 is 0 Å². The molecule has 1 spiro atoms. The molecule has 82 heavy (non-hydrogen) atoms. The zero-order chi connectivity index (χ0) is 60.2. The van der Waals surface area contributed by atoms with Gasteiger partial charge in [0.05, 0.1) is 27.6 Å². The molecule has 8 saturated carbocycles. The van der Waals surface area contributed by atoms with Gasteiger partial charge in [-0.15, -0.1) is 0 Å². The van der Waals surface area contributed by atoms with Crippen molar-refractivity contribution in [1.82, 2.24) is 0 Å². The SMILES string of the molecule is CCC(C)(C)C(=O)OC1(CC)C2CC3CC(C2)CC1C3.CCC(C)(C)C(=O)OC1OC(OC)C2OC3(CCCCC3)OC12.CCC(C)(C)C(=O)OCC(=O)OC1C2CC3CC(C2)C(=O)OC1C3.CCC1(OC(=O)C(C)(C)CC)CCCC1. The molecule has 8 aliphatic carbocycles. The lowest BCUT2D eigenvalue weighted by Gasteiger charge is -2.60. The fraction of sp³-hybridized carbons (Fsp3) is 0.909. The average Bonchev–Trinajstić information content (AvgIpc) is 1.40. The van der Waals surface area contributed by atoms with Crippen LogP contribution in [0.15, 0.2) is 0 Å². The Kier molecular flexibility index (Phi) is 21.6. The van der Waals surface area contributed by atoms with E-state index in [9.17, 15) is 28.8 Å². The normalized spacial score (nSPS) is 34.4. The number of methoxy groups -OCH3 is 1. The van der Waals surface area contributed by atoms with Crippen molar-refractivity contribution in [3.63, 3.8) is 0 Å². The molecular formula is C66H108O16. The van der Waals surface area contributed by atoms with Gasteiger partial charge in [-0.25, -0.2) is 4.79 Å². The number of esters is 6. The van der Waals surface area contributed by atoms with Gasteiger partial charge in [0, 0.05) is 25.9 Å². The Balaban J connectivity index is 0.000000160. The van der Waals surface area contributed by atoms with E-state index in [0.717, 1.165) is 102 Å². The third-order valence-electron chi connectivity index (χ3n) is 21.9. The van der Waals surface area contributed by atoms with E-state index < -0.39 is 53.3 Å². The van der Waals surface area contributed by atoms with Crippen molar-refractivity contribution in [3.05, 3.63) is 0 Å². The number of carbonyl (C=O) groups is 6. The van der Waals surface area contributed by atoms with Crippen LogP contribution in [0.2, 0.25) is 0 Å². The zero-order valence-corrected chi connectivity index (χ0v) is 53.2. The zero-order valence-electron chi connectivity index (χ0n) is 53.2. The number of fused-ring (bicyclic) bond motifs is 2. The molecule has 16 heteroatoms. The van der Waals surface area contributed by atoms with Gasteiger partial charge < -0.3 is 47.4 Å². The first-order valence-electron chi connectivity index (χ1n) is 32.4. The Morgan fingerprint density at radius 2 is 1.04 bits per heavy atom. The van der Waals surface area contributed by atoms with Crippen LogP contribution in [0.1, 0.15) is 251 Å². The smallest absolute Gasteiger partial charge is 0.344 e. The molecule has 4 saturated heterocycles. The number of ether oxygens (including phenoxy) is 10. The molecule has 0 aromatic carbocycles. The highest BCUT2D eigenvalue weighted by Crippen LogP contribution is 2.61. The number of rotatable bonds is 17. The van der Waals surface area contributed by atoms with Crippen LogP contribution in [-0.4, -0.2) is 104 Å². The van der Waals surface area contributed by atoms with Gasteiger partial charge in [-0.2, -0.15) is 0 Å². The Labute approximate surface area is 492 Å². The highest BCUT2D eigenvalue weighted by atomic mass is 16.8. The molecule has 0 N–H and O–H groups in total. The van der Waals surface area contributed by atoms with Gasteiger partial charge in [-0.05, 0) is 220 Å². The summed E-state index contributed by atoms with van der Waals surface area (Å²) < 4.78 is 57.3. The highest BCUT2D eigenvalue weighted by molar-refractivity contribution is 5.80. The molecule has 12 rings (SSSR count). The minimum Gasteiger partial charge on any atom is -0.459 e. The molecule has 0 amide bonds. The van der Waals surface area contributed by atoms with Crippen molar-refractivity contribution in [2.24, 2.45) is 63.1 Å². The summed E-state index contributed by atoms with van der Waals surface area (Å²) in [7, 11) is 1.57. The minimum atomic E-state index is -0.774. The van der Waals surface area contributed by atoms with Crippen LogP contribution in [0.4, 0.5) is 0 Å². The number of carbonyl (C=O) groups excluding carboxylic acids is 6. The van der Waals surface area contributed by atoms with E-state index in [1.807, 2.05) is 62.3 Å². The van der Waals surface area contributed by atoms with Gasteiger partial charge in [0.1, 0.15) is 29.5 Å². The van der Waals surface area contributed by atoms with E-state index >= 15 is 0 Å². The van der Waals surface area contributed by atoms with Gasteiger partial charge in [-0.3, -0.25) is 24.0 Å². The van der Waals surface area contributed by atoms with E-state index in [4.69, 9.17) is 47.4 Å². The summed E-state index contributed by atoms with van der Waals surface area (Å²) in [5, 5.41) is 0. The molecule has 12 aliphatic rings. The van der Waals surface area contributed by atoms with Gasteiger partial charge in [-0.1, -0.05) is 48.0 Å². The standard InChI is InChI=1S/C18H26O6.C18H30O2.C17H28O6.C13H24O2/c1-4-18(2,3)17(21)22-9-14(19)24-15-11-5-10-6-12(8-11)16(20)23-13(15)7-10;1-5-17(3,4)16(19)20-18(6-2)14-8-12-7-13(10-14)11-15(18)9-12;1-5-16(2,3)15(18)21-14-12-11(13(19-4)20-14)22-17(23-12)9-7-6-8-10-17;1-5-12(3,4)11(14)15-13(6-2)9-7-8-10-13/h10-13,15H,4-9H2,1-3H3;12-15H,5-11H2,1-4H3;11-14H,5-10H2,1-4H3;5-10H2,1-4H3. The van der Waals surface area contributed by atoms with Crippen molar-refractivity contribution < 1.29 is 76.1 Å². The Morgan fingerprint density at radius 3 is 1.56 bits per heavy atom. The van der Waals surface area contributed by atoms with Crippen LogP contribution < -0.4 is 0 Å². The first-order valence-corrected chi connectivity index (χ1v) is 32.4. The summed E-state index contributed by atoms with van der Waals surface area (Å²) in [5.41, 5.74) is -2.09. The molecule has 12 fully saturated rings. The molecule has 0 radical (unpaired) electrons. The molecule has 4 heterocycles. The van der Waals surface area contributed by atoms with E-state index in [0.29, 0.717) is 30.6 Å². The quantitative estimate of drug-likeness (QED) is 0.0984. The fourth-order valence-electron chi connectivity index (χ4n) is 14.8. The second-order valence-corrected chi connectivity index (χ2v) is 29.0. The molecular weight excluding hydrogens is 1050 g/mol. The van der Waals surface area contributed by atoms with E-state index in [2.05, 4.69) is 20.8 Å². The third kappa shape index (κ3) is 14.7. The van der Waals surface area contributed by atoms with Crippen LogP contribution in [0.25, 0.3) is 0 Å². The summed E-state index contributed by atoms with van der Waals surface area (Å²) >= 11 is 0. The topological polar surface area (TPSA) is 195 Å². The molecule has 8 bridgehead atoms. The van der Waals surface area contributed by atoms with Crippen LogP contribution in [0.3, 0.4) is 0 Å². The van der Waals surface area contributed by atoms with Gasteiger partial charge in [0.15, 0.2) is 24.8 Å². The van der Waals surface area contributed by atoms with Crippen molar-refractivity contribution in [1.29, 1.82) is 0 Å². The third-order valence-corrected chi connectivity index (χ3v) is 21.9. The molecule has 9 atom stereocenters. The Bertz CT molecular complexity index is 2170. The average molecular weight is 1160 g/mol. The second kappa shape index (κ2) is 26.7. The Hall–Kier alpha value is -3.34. The number of hydrogen-bond acceptors (Lipinski definition) is 16. The van der Waals surface area contributed by atoms with Gasteiger partial charge >= 0.3 is 35.8 Å². The molecule has 4 aliphatic heterocycles. The van der Waals surface area contributed by atoms with Crippen molar-refractivity contribution in [2.75, 3.05) is 13.7 Å². The molecule has 9 unspecified atom stereocenters. The largest absolute Gasteiger partial charge is 0.459 e. The van der Waals surface area contributed by atoms with E-state index in [1.165, 1.54) is 51.4 Å². The lowest BCUT2D eigenvalue weighted by molar-refractivity contribution is -0.282. The van der Waals surface area contributed by atoms with Gasteiger partial charge in [0.25, 0.3) is 0 Å². The summed E-state index contributed by atoms with van der Waals surface area (Å²) in [5.74, 6) is 1.79. The highest BCUT2D eigenvalue weighted by Gasteiger charge is 2.62. The van der Waals surface area contributed by atoms with E-state index in [1.54, 1.807) is 21.0 Å². The first-order chi connectivity index (χ1) is 38.6. The lowest BCUT2D eigenvalue weighted by atomic mass is 9.49. The molecule has 16 nitrogen and oxygen atoms in total. The molecule has 468 valence electrons. The Morgan fingerprint density at radius 1 is 0.537 bits per heavy atom. The summed E-state index contributed by atoms with van der Waals surface area (Å²) in [6.07, 6.45) is 21.8. The van der Waals surface area contributed by atoms with Crippen molar-refractivity contribution in [2.45, 2.75) is 305 Å². The minimum absolute atomic E-state index is 0.0197. The lowest BCUT2D eigenvalue weighted by Crippen LogP contribution is -2.60. The van der Waals surface area contributed by atoms with E-state index in [-0.39, 0.29) is 76.6 Å². The maximum Gasteiger partial charge on any atom is 0.344 e. The molecule has 0 aromatic heterocycles. The van der Waals surface area contributed by atoms with Crippen molar-refractivity contribution >= 4 is 35.8 Å². The molecule has 0 aromatic rings.